The Morgan fingerprint density at radius 1 is 1.70 bits per heavy atom. The normalized spacial score (nSPS) is 13.0. The first-order chi connectivity index (χ1) is 4.70. The maximum absolute atomic E-state index is 10.7. The van der Waals surface area contributed by atoms with Gasteiger partial charge in [0.05, 0.1) is 0 Å². The summed E-state index contributed by atoms with van der Waals surface area (Å²) in [6.07, 6.45) is 2.99. The van der Waals surface area contributed by atoms with E-state index in [0.717, 1.165) is 0 Å². The van der Waals surface area contributed by atoms with Crippen LogP contribution in [0, 0.1) is 0 Å². The van der Waals surface area contributed by atoms with Crippen LogP contribution in [0.1, 0.15) is 0 Å². The summed E-state index contributed by atoms with van der Waals surface area (Å²) >= 11 is -1.14. The predicted octanol–water partition coefficient (Wildman–Crippen LogP) is -0.204. The van der Waals surface area contributed by atoms with E-state index in [0.29, 0.717) is 5.82 Å². The van der Waals surface area contributed by atoms with Crippen LogP contribution in [0.5, 0.6) is 0 Å². The van der Waals surface area contributed by atoms with Crippen molar-refractivity contribution in [2.75, 3.05) is 12.0 Å². The fourth-order valence-electron chi connectivity index (χ4n) is 0.492. The summed E-state index contributed by atoms with van der Waals surface area (Å²) in [4.78, 5) is 7.49. The third-order valence-corrected chi connectivity index (χ3v) is 1.62. The molecule has 0 aliphatic rings. The third kappa shape index (κ3) is 1.58. The fraction of sp³-hybridized carbons (Fsp3) is 0.200. The van der Waals surface area contributed by atoms with Gasteiger partial charge in [-0.05, 0) is 6.07 Å². The maximum Gasteiger partial charge on any atom is 0.344 e. The van der Waals surface area contributed by atoms with Gasteiger partial charge >= 0.3 is 5.16 Å². The van der Waals surface area contributed by atoms with Gasteiger partial charge in [0.2, 0.25) is 0 Å². The molecule has 10 heavy (non-hydrogen) atoms. The fourth-order valence-corrected chi connectivity index (χ4v) is 0.936. The number of hydrogen-bond acceptors (Lipinski definition) is 4. The highest BCUT2D eigenvalue weighted by Crippen LogP contribution is 2.01. The van der Waals surface area contributed by atoms with Crippen LogP contribution in [0.25, 0.3) is 0 Å². The molecule has 1 aromatic rings. The molecule has 0 saturated carbocycles. The van der Waals surface area contributed by atoms with Crippen LogP contribution < -0.4 is 5.73 Å². The van der Waals surface area contributed by atoms with Crippen molar-refractivity contribution in [3.8, 4) is 0 Å². The van der Waals surface area contributed by atoms with E-state index in [1.165, 1.54) is 12.5 Å². The summed E-state index contributed by atoms with van der Waals surface area (Å²) in [7, 11) is 0. The van der Waals surface area contributed by atoms with Crippen LogP contribution in [0.15, 0.2) is 17.4 Å². The topological polar surface area (TPSA) is 74.9 Å². The van der Waals surface area contributed by atoms with Crippen molar-refractivity contribution in [1.82, 2.24) is 9.97 Å². The van der Waals surface area contributed by atoms with Crippen molar-refractivity contribution in [3.05, 3.63) is 12.3 Å². The molecular formula is C5H7N3OS. The molecule has 54 valence electrons. The van der Waals surface area contributed by atoms with Crippen molar-refractivity contribution in [2.24, 2.45) is 0 Å². The number of anilines is 1. The van der Waals surface area contributed by atoms with Gasteiger partial charge in [0.15, 0.2) is 0 Å². The van der Waals surface area contributed by atoms with Gasteiger partial charge in [-0.2, -0.15) is 9.97 Å². The quantitative estimate of drug-likeness (QED) is 0.452. The van der Waals surface area contributed by atoms with Crippen molar-refractivity contribution < 1.29 is 4.55 Å². The molecule has 0 bridgehead atoms. The second-order valence-electron chi connectivity index (χ2n) is 1.72. The molecule has 2 N–H and O–H groups in total. The van der Waals surface area contributed by atoms with Gasteiger partial charge in [-0.25, -0.2) is 0 Å². The molecule has 0 fully saturated rings. The average molecular weight is 157 g/mol. The van der Waals surface area contributed by atoms with E-state index in [9.17, 15) is 4.55 Å². The van der Waals surface area contributed by atoms with Crippen LogP contribution in [-0.2, 0) is 11.2 Å². The molecule has 0 spiro atoms. The van der Waals surface area contributed by atoms with Crippen molar-refractivity contribution >= 4 is 17.0 Å². The standard InChI is InChI=1S/C5H7N3OS/c1-10(9)5-7-3-2-4(6)8-5/h2-3H,1H3,(H2,6,7,8). The predicted molar refractivity (Wildman–Crippen MR) is 38.8 cm³/mol. The second kappa shape index (κ2) is 2.85. The van der Waals surface area contributed by atoms with Crippen LogP contribution >= 0.6 is 0 Å². The summed E-state index contributed by atoms with van der Waals surface area (Å²) in [5, 5.41) is 0.278. The SMILES string of the molecule is C[S+]([O-])c1nccc(N)n1. The molecule has 0 aromatic carbocycles. The lowest BCUT2D eigenvalue weighted by atomic mass is 10.6. The number of nitrogens with zero attached hydrogens (tertiary/aromatic N) is 2. The largest absolute Gasteiger partial charge is 0.609 e. The van der Waals surface area contributed by atoms with Crippen LogP contribution in [-0.4, -0.2) is 20.8 Å². The highest BCUT2D eigenvalue weighted by molar-refractivity contribution is 7.90. The first kappa shape index (κ1) is 7.30. The minimum absolute atomic E-state index is 0.278. The molecule has 0 amide bonds. The van der Waals surface area contributed by atoms with Gasteiger partial charge in [-0.15, -0.1) is 0 Å². The van der Waals surface area contributed by atoms with E-state index in [2.05, 4.69) is 9.97 Å². The van der Waals surface area contributed by atoms with Gasteiger partial charge in [-0.1, -0.05) is 0 Å². The first-order valence-corrected chi connectivity index (χ1v) is 4.18. The lowest BCUT2D eigenvalue weighted by Gasteiger charge is -2.00. The van der Waals surface area contributed by atoms with Crippen molar-refractivity contribution in [3.63, 3.8) is 0 Å². The molecule has 1 aromatic heterocycles. The zero-order valence-electron chi connectivity index (χ0n) is 5.44. The van der Waals surface area contributed by atoms with Gasteiger partial charge in [0.1, 0.15) is 12.1 Å². The zero-order chi connectivity index (χ0) is 7.56. The first-order valence-electron chi connectivity index (χ1n) is 2.62. The van der Waals surface area contributed by atoms with Crippen LogP contribution in [0.2, 0.25) is 0 Å². The molecule has 4 nitrogen and oxygen atoms in total. The Morgan fingerprint density at radius 2 is 2.40 bits per heavy atom. The summed E-state index contributed by atoms with van der Waals surface area (Å²) < 4.78 is 10.7. The monoisotopic (exact) mass is 157 g/mol. The summed E-state index contributed by atoms with van der Waals surface area (Å²) in [5.74, 6) is 0.347. The summed E-state index contributed by atoms with van der Waals surface area (Å²) in [6.45, 7) is 0. The second-order valence-corrected chi connectivity index (χ2v) is 2.99. The molecule has 1 unspecified atom stereocenters. The van der Waals surface area contributed by atoms with Gasteiger partial charge < -0.3 is 10.3 Å². The van der Waals surface area contributed by atoms with E-state index < -0.39 is 11.2 Å². The van der Waals surface area contributed by atoms with Gasteiger partial charge in [-0.3, -0.25) is 0 Å². The molecule has 0 radical (unpaired) electrons. The average Bonchev–Trinajstić information content (AvgIpc) is 1.88. The number of rotatable bonds is 1. The molecule has 5 heteroatoms. The lowest BCUT2D eigenvalue weighted by Crippen LogP contribution is -2.05. The number of hydrogen-bond donors (Lipinski definition) is 1. The molecule has 0 saturated heterocycles. The molecular weight excluding hydrogens is 150 g/mol. The van der Waals surface area contributed by atoms with Crippen LogP contribution in [0.3, 0.4) is 0 Å². The van der Waals surface area contributed by atoms with Crippen molar-refractivity contribution in [2.45, 2.75) is 5.16 Å². The zero-order valence-corrected chi connectivity index (χ0v) is 6.26. The minimum Gasteiger partial charge on any atom is -0.609 e. The van der Waals surface area contributed by atoms with Gasteiger partial charge in [0, 0.05) is 17.4 Å². The maximum atomic E-state index is 10.7. The van der Waals surface area contributed by atoms with E-state index in [4.69, 9.17) is 5.73 Å². The Labute approximate surface area is 61.7 Å². The highest BCUT2D eigenvalue weighted by Gasteiger charge is 2.06. The Kier molecular flexibility index (Phi) is 2.08. The van der Waals surface area contributed by atoms with E-state index in [1.807, 2.05) is 0 Å². The smallest absolute Gasteiger partial charge is 0.344 e. The molecule has 1 heterocycles. The lowest BCUT2D eigenvalue weighted by molar-refractivity contribution is 0.592. The molecule has 1 atom stereocenters. The Bertz CT molecular complexity index is 228. The van der Waals surface area contributed by atoms with Crippen molar-refractivity contribution in [1.29, 1.82) is 0 Å². The van der Waals surface area contributed by atoms with Crippen LogP contribution in [0.4, 0.5) is 5.82 Å². The molecule has 1 rings (SSSR count). The molecule has 0 aliphatic carbocycles. The Hall–Kier alpha value is -0.810. The number of aromatic nitrogens is 2. The number of nitrogens with two attached hydrogens (primary N) is 1. The van der Waals surface area contributed by atoms with Gasteiger partial charge in [0.25, 0.3) is 0 Å². The van der Waals surface area contributed by atoms with E-state index in [-0.39, 0.29) is 5.16 Å². The number of nitrogen functional groups attached to an aromatic ring is 1. The Morgan fingerprint density at radius 3 is 2.80 bits per heavy atom. The minimum atomic E-state index is -1.14. The summed E-state index contributed by atoms with van der Waals surface area (Å²) in [6, 6.07) is 1.55. The summed E-state index contributed by atoms with van der Waals surface area (Å²) in [5.41, 5.74) is 5.31. The van der Waals surface area contributed by atoms with E-state index in [1.54, 1.807) is 6.07 Å². The highest BCUT2D eigenvalue weighted by atomic mass is 32.2. The Balaban J connectivity index is 2.96. The third-order valence-electron chi connectivity index (χ3n) is 0.912. The van der Waals surface area contributed by atoms with E-state index >= 15 is 0 Å². The molecule has 0 aliphatic heterocycles.